The van der Waals surface area contributed by atoms with E-state index >= 15 is 0 Å². The molecule has 0 amide bonds. The Balaban J connectivity index is 2.03. The molecule has 4 heteroatoms. The van der Waals surface area contributed by atoms with Crippen molar-refractivity contribution in [2.24, 2.45) is 0 Å². The fraction of sp³-hybridized carbons (Fsp3) is 0.429. The van der Waals surface area contributed by atoms with Crippen molar-refractivity contribution in [3.05, 3.63) is 59.3 Å². The summed E-state index contributed by atoms with van der Waals surface area (Å²) in [5.41, 5.74) is 10.8. The minimum absolute atomic E-state index is 0.322. The molecule has 134 valence electrons. The summed E-state index contributed by atoms with van der Waals surface area (Å²) in [6.45, 7) is 9.35. The average molecular weight is 338 g/mol. The summed E-state index contributed by atoms with van der Waals surface area (Å²) in [4.78, 5) is 8.53. The van der Waals surface area contributed by atoms with E-state index in [1.807, 2.05) is 6.20 Å². The van der Waals surface area contributed by atoms with Gasteiger partial charge < -0.3 is 11.1 Å². The number of nitrogen functional groups attached to an aromatic ring is 1. The van der Waals surface area contributed by atoms with Gasteiger partial charge in [0.15, 0.2) is 0 Å². The monoisotopic (exact) mass is 338 g/mol. The van der Waals surface area contributed by atoms with Crippen molar-refractivity contribution >= 4 is 11.8 Å². The first-order valence-electron chi connectivity index (χ1n) is 9.22. The Morgan fingerprint density at radius 3 is 2.76 bits per heavy atom. The summed E-state index contributed by atoms with van der Waals surface area (Å²) < 4.78 is 0. The zero-order valence-corrected chi connectivity index (χ0v) is 15.5. The van der Waals surface area contributed by atoms with E-state index in [0.717, 1.165) is 56.5 Å². The quantitative estimate of drug-likeness (QED) is 0.492. The summed E-state index contributed by atoms with van der Waals surface area (Å²) in [5.74, 6) is 1.19. The zero-order valence-electron chi connectivity index (χ0n) is 15.5. The van der Waals surface area contributed by atoms with Crippen LogP contribution in [0, 0.1) is 0 Å². The van der Waals surface area contributed by atoms with Gasteiger partial charge >= 0.3 is 0 Å². The van der Waals surface area contributed by atoms with Crippen molar-refractivity contribution in [2.45, 2.75) is 52.4 Å². The first kappa shape index (κ1) is 19.0. The maximum atomic E-state index is 5.75. The number of nitrogens with one attached hydrogen (secondary N) is 1. The molecular weight excluding hydrogens is 308 g/mol. The van der Waals surface area contributed by atoms with Gasteiger partial charge in [-0.2, -0.15) is 4.98 Å². The van der Waals surface area contributed by atoms with Gasteiger partial charge in [-0.1, -0.05) is 56.7 Å². The number of aryl methyl sites for hydroxylation is 2. The van der Waals surface area contributed by atoms with E-state index in [-0.39, 0.29) is 0 Å². The highest BCUT2D eigenvalue weighted by Crippen LogP contribution is 2.17. The Bertz CT molecular complexity index is 694. The van der Waals surface area contributed by atoms with Crippen molar-refractivity contribution in [3.8, 4) is 0 Å². The maximum Gasteiger partial charge on any atom is 0.221 e. The van der Waals surface area contributed by atoms with Crippen LogP contribution in [0.2, 0.25) is 0 Å². The lowest BCUT2D eigenvalue weighted by atomic mass is 9.99. The molecule has 3 N–H and O–H groups in total. The normalized spacial score (nSPS) is 10.6. The Morgan fingerprint density at radius 1 is 1.20 bits per heavy atom. The molecule has 0 saturated heterocycles. The van der Waals surface area contributed by atoms with Gasteiger partial charge in [-0.15, -0.1) is 0 Å². The summed E-state index contributed by atoms with van der Waals surface area (Å²) in [6.07, 6.45) is 7.96. The second-order valence-corrected chi connectivity index (χ2v) is 6.48. The molecule has 0 bridgehead atoms. The summed E-state index contributed by atoms with van der Waals surface area (Å²) in [5, 5.41) is 3.39. The van der Waals surface area contributed by atoms with E-state index in [2.05, 4.69) is 60.0 Å². The molecule has 25 heavy (non-hydrogen) atoms. The molecule has 2 aromatic rings. The number of anilines is 2. The van der Waals surface area contributed by atoms with Crippen LogP contribution in [0.25, 0.3) is 0 Å². The molecule has 0 fully saturated rings. The van der Waals surface area contributed by atoms with Crippen LogP contribution in [-0.2, 0) is 19.3 Å². The van der Waals surface area contributed by atoms with E-state index in [9.17, 15) is 0 Å². The van der Waals surface area contributed by atoms with Crippen molar-refractivity contribution in [2.75, 3.05) is 17.6 Å². The van der Waals surface area contributed by atoms with Crippen molar-refractivity contribution < 1.29 is 0 Å². The summed E-state index contributed by atoms with van der Waals surface area (Å²) in [6, 6.07) is 8.77. The second-order valence-electron chi connectivity index (χ2n) is 6.48. The largest absolute Gasteiger partial charge is 0.370 e. The predicted octanol–water partition coefficient (Wildman–Crippen LogP) is 4.56. The molecule has 0 aliphatic heterocycles. The molecule has 0 atom stereocenters. The molecule has 4 nitrogen and oxygen atoms in total. The smallest absolute Gasteiger partial charge is 0.221 e. The van der Waals surface area contributed by atoms with Crippen LogP contribution in [0.15, 0.2) is 42.6 Å². The van der Waals surface area contributed by atoms with Gasteiger partial charge in [0.05, 0.1) is 0 Å². The first-order valence-corrected chi connectivity index (χ1v) is 9.22. The van der Waals surface area contributed by atoms with E-state index in [1.165, 1.54) is 16.7 Å². The summed E-state index contributed by atoms with van der Waals surface area (Å²) >= 11 is 0. The molecule has 0 saturated carbocycles. The van der Waals surface area contributed by atoms with Crippen LogP contribution in [0.4, 0.5) is 11.8 Å². The summed E-state index contributed by atoms with van der Waals surface area (Å²) in [7, 11) is 0. The van der Waals surface area contributed by atoms with Crippen LogP contribution < -0.4 is 11.1 Å². The minimum atomic E-state index is 0.322. The van der Waals surface area contributed by atoms with Gasteiger partial charge in [0, 0.05) is 18.3 Å². The van der Waals surface area contributed by atoms with Crippen molar-refractivity contribution in [1.82, 2.24) is 9.97 Å². The van der Waals surface area contributed by atoms with Crippen LogP contribution in [-0.4, -0.2) is 16.5 Å². The van der Waals surface area contributed by atoms with Crippen LogP contribution in [0.3, 0.4) is 0 Å². The maximum absolute atomic E-state index is 5.75. The fourth-order valence-corrected chi connectivity index (χ4v) is 2.73. The number of allylic oxidation sites excluding steroid dienone is 1. The van der Waals surface area contributed by atoms with E-state index in [1.54, 1.807) is 0 Å². The SMILES string of the molecule is C=C(CC)Cc1cccc(CCc2cnc(N)nc2NCCCC)c1. The first-order chi connectivity index (χ1) is 12.1. The second kappa shape index (κ2) is 9.82. The number of aromatic nitrogens is 2. The van der Waals surface area contributed by atoms with Gasteiger partial charge in [-0.25, -0.2) is 4.98 Å². The minimum Gasteiger partial charge on any atom is -0.370 e. The number of nitrogens with zero attached hydrogens (tertiary/aromatic N) is 2. The van der Waals surface area contributed by atoms with Crippen molar-refractivity contribution in [3.63, 3.8) is 0 Å². The molecule has 1 heterocycles. The van der Waals surface area contributed by atoms with Crippen LogP contribution in [0.1, 0.15) is 49.8 Å². The van der Waals surface area contributed by atoms with Crippen LogP contribution >= 0.6 is 0 Å². The van der Waals surface area contributed by atoms with Gasteiger partial charge in [0.2, 0.25) is 5.95 Å². The molecule has 0 unspecified atom stereocenters. The lowest BCUT2D eigenvalue weighted by molar-refractivity contribution is 0.825. The van der Waals surface area contributed by atoms with Gasteiger partial charge in [0.1, 0.15) is 5.82 Å². The molecule has 1 aromatic carbocycles. The number of nitrogens with two attached hydrogens (primary N) is 1. The lowest BCUT2D eigenvalue weighted by Crippen LogP contribution is -2.09. The van der Waals surface area contributed by atoms with Gasteiger partial charge in [-0.05, 0) is 43.2 Å². The number of rotatable bonds is 10. The van der Waals surface area contributed by atoms with E-state index < -0.39 is 0 Å². The number of unbranched alkanes of at least 4 members (excludes halogenated alkanes) is 1. The predicted molar refractivity (Wildman–Crippen MR) is 107 cm³/mol. The Morgan fingerprint density at radius 2 is 2.00 bits per heavy atom. The van der Waals surface area contributed by atoms with Gasteiger partial charge in [0.25, 0.3) is 0 Å². The Kier molecular flexibility index (Phi) is 7.45. The molecule has 0 spiro atoms. The average Bonchev–Trinajstić information content (AvgIpc) is 2.61. The number of hydrogen-bond donors (Lipinski definition) is 2. The molecule has 0 aliphatic rings. The highest BCUT2D eigenvalue weighted by atomic mass is 15.1. The number of hydrogen-bond acceptors (Lipinski definition) is 4. The fourth-order valence-electron chi connectivity index (χ4n) is 2.73. The molecule has 0 radical (unpaired) electrons. The third-order valence-electron chi connectivity index (χ3n) is 4.33. The van der Waals surface area contributed by atoms with Crippen molar-refractivity contribution in [1.29, 1.82) is 0 Å². The zero-order chi connectivity index (χ0) is 18.1. The molecule has 2 rings (SSSR count). The topological polar surface area (TPSA) is 63.8 Å². The van der Waals surface area contributed by atoms with Gasteiger partial charge in [-0.3, -0.25) is 0 Å². The number of benzene rings is 1. The molecule has 1 aromatic heterocycles. The third kappa shape index (κ3) is 6.22. The highest BCUT2D eigenvalue weighted by molar-refractivity contribution is 5.46. The Labute approximate surface area is 151 Å². The highest BCUT2D eigenvalue weighted by Gasteiger charge is 2.07. The van der Waals surface area contributed by atoms with E-state index in [0.29, 0.717) is 5.95 Å². The molecule has 0 aliphatic carbocycles. The third-order valence-corrected chi connectivity index (χ3v) is 4.33. The van der Waals surface area contributed by atoms with E-state index in [4.69, 9.17) is 5.73 Å². The Hall–Kier alpha value is -2.36. The molecular formula is C21H30N4. The van der Waals surface area contributed by atoms with Crippen LogP contribution in [0.5, 0.6) is 0 Å². The lowest BCUT2D eigenvalue weighted by Gasteiger charge is -2.11. The standard InChI is InChI=1S/C21H30N4/c1-4-6-12-23-20-19(15-24-21(22)25-20)11-10-17-8-7-9-18(14-17)13-16(3)5-2/h7-9,14-15H,3-6,10-13H2,1-2H3,(H3,22,23,24,25).